The second-order valence-electron chi connectivity index (χ2n) is 18.9. The fourth-order valence-corrected chi connectivity index (χ4v) is 12.4. The fourth-order valence-electron chi connectivity index (χ4n) is 12.4. The Hall–Kier alpha value is -0.280. The maximum absolute atomic E-state index is 7.06. The van der Waals surface area contributed by atoms with Gasteiger partial charge in [0.05, 0.1) is 18.3 Å². The summed E-state index contributed by atoms with van der Waals surface area (Å²) in [6, 6.07) is 0. The maximum Gasteiger partial charge on any atom is 0.0637 e. The van der Waals surface area contributed by atoms with Gasteiger partial charge in [0, 0.05) is 25.2 Å². The monoisotopic (exact) mass is 747 g/mol. The molecule has 7 heteroatoms. The standard InChI is InChI=1S/C46H90N4O3/c1-5-6-7-8-9-10-11-12-13-14-15-28-50-29-16-20-36(2)39-21-22-40-44-41(35-43(46(39,40)4)53-32-19-27-49)45(3)24-23-38(51-30-17-25-47)33-37(45)34-42(44)52-31-18-26-48/h36-44,50H,5-35,47-49H2,1-4H3/t36-,37?,38-,39-,40+,41+,42-,43+,44?,45?,46?/m1/s1. The van der Waals surface area contributed by atoms with Crippen molar-refractivity contribution < 1.29 is 14.2 Å². The van der Waals surface area contributed by atoms with Crippen molar-refractivity contribution in [3.8, 4) is 0 Å². The zero-order valence-corrected chi connectivity index (χ0v) is 35.6. The van der Waals surface area contributed by atoms with Crippen molar-refractivity contribution in [1.82, 2.24) is 5.32 Å². The van der Waals surface area contributed by atoms with Crippen molar-refractivity contribution in [1.29, 1.82) is 0 Å². The van der Waals surface area contributed by atoms with E-state index in [-0.39, 0.29) is 5.41 Å². The Morgan fingerprint density at radius 3 is 1.91 bits per heavy atom. The van der Waals surface area contributed by atoms with Crippen molar-refractivity contribution in [2.45, 2.75) is 194 Å². The topological polar surface area (TPSA) is 118 Å². The van der Waals surface area contributed by atoms with Gasteiger partial charge in [-0.3, -0.25) is 0 Å². The Labute approximate surface area is 328 Å². The van der Waals surface area contributed by atoms with E-state index in [0.717, 1.165) is 52.0 Å². The van der Waals surface area contributed by atoms with Gasteiger partial charge < -0.3 is 36.7 Å². The molecule has 0 spiro atoms. The van der Waals surface area contributed by atoms with Crippen LogP contribution in [-0.4, -0.2) is 70.9 Å². The van der Waals surface area contributed by atoms with E-state index in [1.54, 1.807) is 0 Å². The molecule has 0 aliphatic heterocycles. The Balaban J connectivity index is 1.33. The molecule has 53 heavy (non-hydrogen) atoms. The molecule has 312 valence electrons. The third kappa shape index (κ3) is 12.6. The molecule has 11 atom stereocenters. The van der Waals surface area contributed by atoms with Gasteiger partial charge >= 0.3 is 0 Å². The zero-order chi connectivity index (χ0) is 37.9. The quantitative estimate of drug-likeness (QED) is 0.0564. The Bertz CT molecular complexity index is 956. The second-order valence-corrected chi connectivity index (χ2v) is 18.9. The smallest absolute Gasteiger partial charge is 0.0637 e. The molecule has 4 aliphatic rings. The molecule has 4 rings (SSSR count). The predicted octanol–water partition coefficient (Wildman–Crippen LogP) is 9.38. The first-order valence-corrected chi connectivity index (χ1v) is 23.5. The van der Waals surface area contributed by atoms with Crippen molar-refractivity contribution in [2.24, 2.45) is 63.5 Å². The lowest BCUT2D eigenvalue weighted by molar-refractivity contribution is -0.227. The molecule has 4 saturated carbocycles. The highest BCUT2D eigenvalue weighted by molar-refractivity contribution is 5.15. The molecule has 0 amide bonds. The number of nitrogens with two attached hydrogens (primary N) is 3. The average molecular weight is 747 g/mol. The summed E-state index contributed by atoms with van der Waals surface area (Å²) in [5.41, 5.74) is 18.3. The molecule has 0 aromatic heterocycles. The minimum Gasteiger partial charge on any atom is -0.378 e. The summed E-state index contributed by atoms with van der Waals surface area (Å²) in [4.78, 5) is 0. The van der Waals surface area contributed by atoms with E-state index in [2.05, 4.69) is 33.0 Å². The van der Waals surface area contributed by atoms with E-state index < -0.39 is 0 Å². The van der Waals surface area contributed by atoms with Gasteiger partial charge in [0.25, 0.3) is 0 Å². The van der Waals surface area contributed by atoms with Crippen LogP contribution in [0.25, 0.3) is 0 Å². The molecular weight excluding hydrogens is 657 g/mol. The number of rotatable bonds is 29. The van der Waals surface area contributed by atoms with Crippen LogP contribution in [0.2, 0.25) is 0 Å². The van der Waals surface area contributed by atoms with Gasteiger partial charge in [0.2, 0.25) is 0 Å². The van der Waals surface area contributed by atoms with Crippen LogP contribution in [0, 0.1) is 46.3 Å². The van der Waals surface area contributed by atoms with Gasteiger partial charge in [0.1, 0.15) is 0 Å². The molecule has 4 aliphatic carbocycles. The van der Waals surface area contributed by atoms with Gasteiger partial charge in [-0.25, -0.2) is 0 Å². The molecule has 7 nitrogen and oxygen atoms in total. The molecule has 4 fully saturated rings. The van der Waals surface area contributed by atoms with E-state index in [1.165, 1.54) is 129 Å². The Kier molecular flexibility index (Phi) is 21.0. The molecule has 0 saturated heterocycles. The summed E-state index contributed by atoms with van der Waals surface area (Å²) in [5.74, 6) is 3.91. The third-order valence-electron chi connectivity index (χ3n) is 15.5. The number of hydrogen-bond donors (Lipinski definition) is 4. The maximum atomic E-state index is 7.06. The van der Waals surface area contributed by atoms with Crippen LogP contribution >= 0.6 is 0 Å². The van der Waals surface area contributed by atoms with Gasteiger partial charge in [-0.15, -0.1) is 0 Å². The predicted molar refractivity (Wildman–Crippen MR) is 224 cm³/mol. The molecule has 0 aromatic rings. The molecule has 0 aromatic carbocycles. The summed E-state index contributed by atoms with van der Waals surface area (Å²) >= 11 is 0. The summed E-state index contributed by atoms with van der Waals surface area (Å²) < 4.78 is 20.4. The van der Waals surface area contributed by atoms with Crippen molar-refractivity contribution in [3.63, 3.8) is 0 Å². The highest BCUT2D eigenvalue weighted by Gasteiger charge is 2.66. The minimum atomic E-state index is 0.180. The molecule has 0 heterocycles. The fraction of sp³-hybridized carbons (Fsp3) is 1.00. The van der Waals surface area contributed by atoms with E-state index in [1.807, 2.05) is 0 Å². The highest BCUT2D eigenvalue weighted by Crippen LogP contribution is 2.69. The number of unbranched alkanes of at least 4 members (excludes halogenated alkanes) is 10. The van der Waals surface area contributed by atoms with E-state index in [9.17, 15) is 0 Å². The molecular formula is C46H90N4O3. The largest absolute Gasteiger partial charge is 0.378 e. The lowest BCUT2D eigenvalue weighted by Crippen LogP contribution is -2.63. The first kappa shape index (κ1) is 45.4. The average Bonchev–Trinajstić information content (AvgIpc) is 3.52. The van der Waals surface area contributed by atoms with Crippen LogP contribution in [0.3, 0.4) is 0 Å². The van der Waals surface area contributed by atoms with Crippen LogP contribution in [0.1, 0.15) is 175 Å². The lowest BCUT2D eigenvalue weighted by Gasteiger charge is -2.65. The summed E-state index contributed by atoms with van der Waals surface area (Å²) in [6.45, 7) is 17.0. The number of fused-ring (bicyclic) bond motifs is 5. The highest BCUT2D eigenvalue weighted by atomic mass is 16.5. The van der Waals surface area contributed by atoms with Gasteiger partial charge in [0.15, 0.2) is 0 Å². The summed E-state index contributed by atoms with van der Waals surface area (Å²) in [6.07, 6.45) is 30.5. The van der Waals surface area contributed by atoms with Crippen molar-refractivity contribution in [3.05, 3.63) is 0 Å². The van der Waals surface area contributed by atoms with Crippen LogP contribution in [0.5, 0.6) is 0 Å². The van der Waals surface area contributed by atoms with Crippen LogP contribution in [-0.2, 0) is 14.2 Å². The number of ether oxygens (including phenoxy) is 3. The first-order valence-electron chi connectivity index (χ1n) is 23.5. The third-order valence-corrected chi connectivity index (χ3v) is 15.5. The van der Waals surface area contributed by atoms with Crippen molar-refractivity contribution >= 4 is 0 Å². The first-order chi connectivity index (χ1) is 25.8. The minimum absolute atomic E-state index is 0.180. The van der Waals surface area contributed by atoms with E-state index >= 15 is 0 Å². The number of nitrogens with one attached hydrogen (secondary N) is 1. The molecule has 7 N–H and O–H groups in total. The SMILES string of the molecule is CCCCCCCCCCCCCNCCC[C@@H](C)[C@H]1CC[C@H]2C3[C@H](OCCCN)CC4C[C@H](OCCCN)CCC4(C)[C@H]3C[C@H](OCCCN)C12C. The second kappa shape index (κ2) is 24.5. The van der Waals surface area contributed by atoms with Crippen LogP contribution in [0.15, 0.2) is 0 Å². The number of hydrogen-bond acceptors (Lipinski definition) is 7. The lowest BCUT2D eigenvalue weighted by atomic mass is 9.43. The normalized spacial score (nSPS) is 34.5. The van der Waals surface area contributed by atoms with Gasteiger partial charge in [-0.2, -0.15) is 0 Å². The molecule has 0 radical (unpaired) electrons. The molecule has 4 unspecified atom stereocenters. The Morgan fingerprint density at radius 1 is 0.642 bits per heavy atom. The summed E-state index contributed by atoms with van der Waals surface area (Å²) in [7, 11) is 0. The Morgan fingerprint density at radius 2 is 1.25 bits per heavy atom. The van der Waals surface area contributed by atoms with Crippen LogP contribution < -0.4 is 22.5 Å². The van der Waals surface area contributed by atoms with Crippen LogP contribution in [0.4, 0.5) is 0 Å². The van der Waals surface area contributed by atoms with E-state index in [0.29, 0.717) is 78.9 Å². The van der Waals surface area contributed by atoms with E-state index in [4.69, 9.17) is 31.4 Å². The van der Waals surface area contributed by atoms with Gasteiger partial charge in [-0.1, -0.05) is 91.9 Å². The van der Waals surface area contributed by atoms with Gasteiger partial charge in [-0.05, 0) is 157 Å². The zero-order valence-electron chi connectivity index (χ0n) is 35.6. The molecule has 0 bridgehead atoms. The summed E-state index contributed by atoms with van der Waals surface area (Å²) in [5, 5.41) is 3.81. The van der Waals surface area contributed by atoms with Crippen molar-refractivity contribution in [2.75, 3.05) is 52.5 Å².